The first kappa shape index (κ1) is 19.4. The van der Waals surface area contributed by atoms with Crippen LogP contribution >= 0.6 is 23.4 Å². The largest absolute Gasteiger partial charge is 0.274 e. The number of thioether (sulfide) groups is 1. The lowest BCUT2D eigenvalue weighted by Gasteiger charge is -2.14. The van der Waals surface area contributed by atoms with Crippen molar-refractivity contribution in [1.82, 2.24) is 14.8 Å². The molecule has 0 aliphatic heterocycles. The van der Waals surface area contributed by atoms with Crippen molar-refractivity contribution in [1.29, 1.82) is 0 Å². The number of halogens is 1. The molecule has 1 heterocycles. The third-order valence-electron chi connectivity index (χ3n) is 4.20. The van der Waals surface area contributed by atoms with Crippen molar-refractivity contribution in [3.63, 3.8) is 0 Å². The minimum Gasteiger partial charge on any atom is -0.274 e. The summed E-state index contributed by atoms with van der Waals surface area (Å²) in [6, 6.07) is 15.3. The number of nitrogens with zero attached hydrogens (tertiary/aromatic N) is 4. The quantitative estimate of drug-likeness (QED) is 0.319. The molecule has 0 bridgehead atoms. The van der Waals surface area contributed by atoms with Crippen LogP contribution in [0.15, 0.2) is 53.7 Å². The van der Waals surface area contributed by atoms with Crippen molar-refractivity contribution in [3.8, 4) is 5.69 Å². The van der Waals surface area contributed by atoms with Crippen LogP contribution in [0.3, 0.4) is 0 Å². The van der Waals surface area contributed by atoms with Gasteiger partial charge in [0.05, 0.1) is 0 Å². The molecule has 0 N–H and O–H groups in total. The maximum atomic E-state index is 11.2. The minimum absolute atomic E-state index is 0.192. The zero-order valence-corrected chi connectivity index (χ0v) is 16.6. The standard InChI is InChI=1S/C19H19ClN4O2S/c1-3-14-4-6-15(7-5-14)18(12-23(25)26)27-19-22-21-13(2)24(19)17-10-8-16(20)9-11-17/h4-11,18H,3,12H2,1-2H3/t18-/m0/s1. The average Bonchev–Trinajstić information content (AvgIpc) is 3.02. The van der Waals surface area contributed by atoms with Crippen molar-refractivity contribution in [2.24, 2.45) is 0 Å². The average molecular weight is 403 g/mol. The van der Waals surface area contributed by atoms with E-state index >= 15 is 0 Å². The monoisotopic (exact) mass is 402 g/mol. The minimum atomic E-state index is -0.361. The Morgan fingerprint density at radius 1 is 1.15 bits per heavy atom. The Bertz CT molecular complexity index is 926. The second-order valence-electron chi connectivity index (χ2n) is 6.06. The van der Waals surface area contributed by atoms with Gasteiger partial charge in [-0.1, -0.05) is 54.6 Å². The molecule has 0 amide bonds. The Balaban J connectivity index is 1.94. The van der Waals surface area contributed by atoms with Crippen LogP contribution in [0.5, 0.6) is 0 Å². The summed E-state index contributed by atoms with van der Waals surface area (Å²) in [5, 5.41) is 20.5. The molecule has 0 unspecified atom stereocenters. The van der Waals surface area contributed by atoms with Gasteiger partial charge in [0.1, 0.15) is 11.1 Å². The number of aryl methyl sites for hydroxylation is 2. The molecule has 0 radical (unpaired) electrons. The van der Waals surface area contributed by atoms with Crippen molar-refractivity contribution >= 4 is 23.4 Å². The van der Waals surface area contributed by atoms with Crippen LogP contribution in [-0.2, 0) is 6.42 Å². The van der Waals surface area contributed by atoms with Crippen molar-refractivity contribution in [3.05, 3.63) is 80.6 Å². The van der Waals surface area contributed by atoms with Gasteiger partial charge < -0.3 is 0 Å². The van der Waals surface area contributed by atoms with Gasteiger partial charge in [-0.05, 0) is 48.7 Å². The van der Waals surface area contributed by atoms with E-state index in [-0.39, 0.29) is 16.7 Å². The van der Waals surface area contributed by atoms with Gasteiger partial charge in [-0.15, -0.1) is 10.2 Å². The molecule has 140 valence electrons. The van der Waals surface area contributed by atoms with Crippen molar-refractivity contribution in [2.75, 3.05) is 6.54 Å². The third-order valence-corrected chi connectivity index (χ3v) is 5.64. The Labute approximate surface area is 166 Å². The SMILES string of the molecule is CCc1ccc([C@H](C[N+](=O)[O-])Sc2nnc(C)n2-c2ccc(Cl)cc2)cc1. The van der Waals surface area contributed by atoms with Gasteiger partial charge in [0.2, 0.25) is 6.54 Å². The molecule has 0 saturated heterocycles. The van der Waals surface area contributed by atoms with Gasteiger partial charge in [-0.25, -0.2) is 0 Å². The Morgan fingerprint density at radius 2 is 1.81 bits per heavy atom. The second kappa shape index (κ2) is 8.54. The first-order chi connectivity index (χ1) is 13.0. The fourth-order valence-electron chi connectivity index (χ4n) is 2.75. The van der Waals surface area contributed by atoms with Crippen LogP contribution in [-0.4, -0.2) is 26.2 Å². The highest BCUT2D eigenvalue weighted by molar-refractivity contribution is 7.99. The van der Waals surface area contributed by atoms with E-state index in [1.165, 1.54) is 17.3 Å². The topological polar surface area (TPSA) is 73.8 Å². The van der Waals surface area contributed by atoms with Gasteiger partial charge in [0.15, 0.2) is 5.16 Å². The van der Waals surface area contributed by atoms with E-state index in [1.807, 2.05) is 47.9 Å². The molecule has 0 saturated carbocycles. The summed E-state index contributed by atoms with van der Waals surface area (Å²) in [4.78, 5) is 10.9. The van der Waals surface area contributed by atoms with Gasteiger partial charge in [-0.2, -0.15) is 0 Å². The third kappa shape index (κ3) is 4.67. The van der Waals surface area contributed by atoms with Gasteiger partial charge in [0.25, 0.3) is 0 Å². The lowest BCUT2D eigenvalue weighted by atomic mass is 10.1. The second-order valence-corrected chi connectivity index (χ2v) is 7.66. The number of aromatic nitrogens is 3. The highest BCUT2D eigenvalue weighted by atomic mass is 35.5. The summed E-state index contributed by atoms with van der Waals surface area (Å²) in [6.45, 7) is 3.74. The van der Waals surface area contributed by atoms with E-state index in [9.17, 15) is 10.1 Å². The number of benzene rings is 2. The van der Waals surface area contributed by atoms with Crippen LogP contribution in [0.1, 0.15) is 29.1 Å². The van der Waals surface area contributed by atoms with Crippen LogP contribution in [0, 0.1) is 17.0 Å². The van der Waals surface area contributed by atoms with Gasteiger partial charge >= 0.3 is 0 Å². The predicted octanol–water partition coefficient (Wildman–Crippen LogP) is 4.90. The fourth-order valence-corrected chi connectivity index (χ4v) is 4.05. The molecule has 0 aliphatic carbocycles. The Hall–Kier alpha value is -2.38. The highest BCUT2D eigenvalue weighted by Crippen LogP contribution is 2.36. The first-order valence-corrected chi connectivity index (χ1v) is 9.79. The molecule has 6 nitrogen and oxygen atoms in total. The maximum absolute atomic E-state index is 11.2. The molecule has 1 aromatic heterocycles. The normalized spacial score (nSPS) is 12.1. The fraction of sp³-hybridized carbons (Fsp3) is 0.263. The zero-order chi connectivity index (χ0) is 19.4. The zero-order valence-electron chi connectivity index (χ0n) is 15.0. The van der Waals surface area contributed by atoms with Gasteiger partial charge in [0, 0.05) is 15.6 Å². The molecule has 3 rings (SSSR count). The predicted molar refractivity (Wildman–Crippen MR) is 107 cm³/mol. The first-order valence-electron chi connectivity index (χ1n) is 8.53. The number of hydrogen-bond acceptors (Lipinski definition) is 5. The summed E-state index contributed by atoms with van der Waals surface area (Å²) < 4.78 is 1.88. The molecule has 0 spiro atoms. The van der Waals surface area contributed by atoms with E-state index in [0.29, 0.717) is 16.0 Å². The van der Waals surface area contributed by atoms with E-state index in [2.05, 4.69) is 17.1 Å². The molecule has 0 fully saturated rings. The van der Waals surface area contributed by atoms with Crippen molar-refractivity contribution in [2.45, 2.75) is 30.7 Å². The Morgan fingerprint density at radius 3 is 2.41 bits per heavy atom. The molecule has 2 aromatic carbocycles. The van der Waals surface area contributed by atoms with E-state index in [4.69, 9.17) is 11.6 Å². The molecule has 1 atom stereocenters. The summed E-state index contributed by atoms with van der Waals surface area (Å²) in [5.74, 6) is 0.709. The molecular formula is C19H19ClN4O2S. The number of nitro groups is 1. The molecular weight excluding hydrogens is 384 g/mol. The van der Waals surface area contributed by atoms with Crippen LogP contribution < -0.4 is 0 Å². The molecule has 8 heteroatoms. The van der Waals surface area contributed by atoms with Gasteiger partial charge in [-0.3, -0.25) is 14.7 Å². The lowest BCUT2D eigenvalue weighted by molar-refractivity contribution is -0.479. The van der Waals surface area contributed by atoms with E-state index in [1.54, 1.807) is 12.1 Å². The maximum Gasteiger partial charge on any atom is 0.220 e. The molecule has 27 heavy (non-hydrogen) atoms. The van der Waals surface area contributed by atoms with E-state index in [0.717, 1.165) is 17.7 Å². The highest BCUT2D eigenvalue weighted by Gasteiger charge is 2.23. The molecule has 0 aliphatic rings. The van der Waals surface area contributed by atoms with Crippen LogP contribution in [0.25, 0.3) is 5.69 Å². The Kier molecular flexibility index (Phi) is 6.13. The summed E-state index contributed by atoms with van der Waals surface area (Å²) >= 11 is 7.32. The van der Waals surface area contributed by atoms with Crippen LogP contribution in [0.4, 0.5) is 0 Å². The lowest BCUT2D eigenvalue weighted by Crippen LogP contribution is -2.11. The number of hydrogen-bond donors (Lipinski definition) is 0. The number of rotatable bonds is 7. The summed E-state index contributed by atoms with van der Waals surface area (Å²) in [6.07, 6.45) is 0.928. The van der Waals surface area contributed by atoms with E-state index < -0.39 is 0 Å². The smallest absolute Gasteiger partial charge is 0.220 e. The van der Waals surface area contributed by atoms with Crippen molar-refractivity contribution < 1.29 is 4.92 Å². The summed E-state index contributed by atoms with van der Waals surface area (Å²) in [7, 11) is 0. The summed E-state index contributed by atoms with van der Waals surface area (Å²) in [5.41, 5.74) is 2.96. The molecule has 3 aromatic rings. The van der Waals surface area contributed by atoms with Crippen LogP contribution in [0.2, 0.25) is 5.02 Å².